The molecule has 9 rings (SSSR count). The highest BCUT2D eigenvalue weighted by Crippen LogP contribution is 2.49. The summed E-state index contributed by atoms with van der Waals surface area (Å²) in [7, 11) is 0. The summed E-state index contributed by atoms with van der Waals surface area (Å²) in [4.78, 5) is 0. The van der Waals surface area contributed by atoms with Crippen LogP contribution in [0.5, 0.6) is 0 Å². The lowest BCUT2D eigenvalue weighted by molar-refractivity contribution is 0.0421. The standard InChI is InChI=1S/C17H32.C17H20.C15H22.C15H16.C14H30.C10H14.C8H18.C4H10.4CH4/c1-13-5-9-15(10-6-13)17(3,4)16-11-7-14(2)8-12-16;1-12-5-7-16(9-14(12)3)11-17-8-6-13(2)15(4)10-17;2*1-12-3-7-14(8-4-12)11-15-9-5-13(2)6-10-15;1-3-5-7-9-11-13-14-12-10-8-6-4-2;1-3-9-6-5-7-10(4-2)8-9;1-3-5-7-8-6-4-2;1-3-4-2;;;;/h13-16H,5-12H2,1-4H3;5-10H,11H2,1-4H3;3-4,7-8,13,15H,5-6,9-11H2,1-2H3;3-10H,11H2,1-2H3;3-14H2,1-2H3;5-8H,3-4H2,1-2H3;3-8H2,1-2H3;3-4H2,1-2H3;4*1H4. The van der Waals surface area contributed by atoms with E-state index >= 15 is 0 Å². The maximum absolute atomic E-state index is 2.58. The first kappa shape index (κ1) is 103. The molecule has 104 heavy (non-hydrogen) atoms. The van der Waals surface area contributed by atoms with Crippen molar-refractivity contribution in [3.8, 4) is 0 Å². The van der Waals surface area contributed by atoms with E-state index in [2.05, 4.69) is 272 Å². The third kappa shape index (κ3) is 48.6. The molecule has 594 valence electrons. The van der Waals surface area contributed by atoms with Gasteiger partial charge in [-0.1, -0.05) is 437 Å². The van der Waals surface area contributed by atoms with E-state index in [9.17, 15) is 0 Å². The molecule has 0 radical (unpaired) electrons. The van der Waals surface area contributed by atoms with Crippen LogP contribution in [0.25, 0.3) is 0 Å². The molecule has 0 amide bonds. The molecule has 0 spiro atoms. The Bertz CT molecular complexity index is 2680. The van der Waals surface area contributed by atoms with Crippen molar-refractivity contribution in [1.29, 1.82) is 0 Å². The minimum atomic E-state index is 0. The van der Waals surface area contributed by atoms with Crippen molar-refractivity contribution in [3.05, 3.63) is 211 Å². The van der Waals surface area contributed by atoms with Gasteiger partial charge in [0.15, 0.2) is 0 Å². The van der Waals surface area contributed by atoms with Crippen LogP contribution in [0.1, 0.15) is 403 Å². The van der Waals surface area contributed by atoms with E-state index in [0.29, 0.717) is 5.41 Å². The van der Waals surface area contributed by atoms with Crippen molar-refractivity contribution in [2.75, 3.05) is 0 Å². The zero-order valence-corrected chi connectivity index (χ0v) is 69.8. The Hall–Kier alpha value is -4.68. The van der Waals surface area contributed by atoms with E-state index in [4.69, 9.17) is 0 Å². The summed E-state index contributed by atoms with van der Waals surface area (Å²) in [6.07, 6.45) is 51.9. The van der Waals surface area contributed by atoms with E-state index < -0.39 is 0 Å². The van der Waals surface area contributed by atoms with Crippen LogP contribution in [-0.4, -0.2) is 0 Å². The molecular weight excluding hydrogens is 1250 g/mol. The maximum Gasteiger partial charge on any atom is -0.00256 e. The van der Waals surface area contributed by atoms with Gasteiger partial charge in [0.2, 0.25) is 0 Å². The second-order valence-corrected chi connectivity index (χ2v) is 32.7. The highest BCUT2D eigenvalue weighted by atomic mass is 14.4. The Labute approximate surface area is 654 Å². The Morgan fingerprint density at radius 1 is 0.269 bits per heavy atom. The summed E-state index contributed by atoms with van der Waals surface area (Å²) in [6.45, 7) is 45.3. The first-order chi connectivity index (χ1) is 48.1. The minimum absolute atomic E-state index is 0. The molecule has 0 atom stereocenters. The van der Waals surface area contributed by atoms with Crippen LogP contribution in [0.2, 0.25) is 0 Å². The van der Waals surface area contributed by atoms with Gasteiger partial charge in [0, 0.05) is 0 Å². The van der Waals surface area contributed by atoms with Crippen molar-refractivity contribution < 1.29 is 0 Å². The first-order valence-corrected chi connectivity index (χ1v) is 42.5. The highest BCUT2D eigenvalue weighted by Gasteiger charge is 2.39. The Morgan fingerprint density at radius 2 is 0.538 bits per heavy atom. The molecule has 3 aliphatic carbocycles. The van der Waals surface area contributed by atoms with Crippen molar-refractivity contribution in [2.45, 2.75) is 406 Å². The van der Waals surface area contributed by atoms with Crippen LogP contribution < -0.4 is 0 Å². The molecule has 6 aromatic carbocycles. The topological polar surface area (TPSA) is 0 Å². The summed E-state index contributed by atoms with van der Waals surface area (Å²) in [5.41, 5.74) is 20.1. The minimum Gasteiger partial charge on any atom is -0.0776 e. The molecule has 0 aliphatic heterocycles. The normalized spacial score (nSPS) is 17.0. The fraction of sp³-hybridized carbons (Fsp3) is 0.654. The number of rotatable bonds is 27. The van der Waals surface area contributed by atoms with Gasteiger partial charge < -0.3 is 0 Å². The van der Waals surface area contributed by atoms with Gasteiger partial charge in [0.25, 0.3) is 0 Å². The molecule has 0 bridgehead atoms. The van der Waals surface area contributed by atoms with Crippen molar-refractivity contribution in [1.82, 2.24) is 0 Å². The average Bonchev–Trinajstić information content (AvgIpc) is 0.807. The average molecular weight is 1430 g/mol. The highest BCUT2D eigenvalue weighted by molar-refractivity contribution is 5.37. The zero-order valence-electron chi connectivity index (χ0n) is 69.8. The third-order valence-electron chi connectivity index (χ3n) is 22.8. The zero-order chi connectivity index (χ0) is 73.8. The molecule has 0 saturated heterocycles. The predicted molar refractivity (Wildman–Crippen MR) is 480 cm³/mol. The number of benzene rings is 6. The molecule has 0 N–H and O–H groups in total. The second-order valence-electron chi connectivity index (χ2n) is 32.7. The Morgan fingerprint density at radius 3 is 0.817 bits per heavy atom. The van der Waals surface area contributed by atoms with Gasteiger partial charge in [-0.15, -0.1) is 0 Å². The van der Waals surface area contributed by atoms with E-state index in [-0.39, 0.29) is 29.7 Å². The monoisotopic (exact) mass is 1430 g/mol. The summed E-state index contributed by atoms with van der Waals surface area (Å²) >= 11 is 0. The van der Waals surface area contributed by atoms with Gasteiger partial charge >= 0.3 is 0 Å². The molecule has 3 aliphatic rings. The fourth-order valence-corrected chi connectivity index (χ4v) is 14.5. The summed E-state index contributed by atoms with van der Waals surface area (Å²) in [5.74, 6) is 5.93. The lowest BCUT2D eigenvalue weighted by Gasteiger charge is -2.46. The molecule has 0 nitrogen and oxygen atoms in total. The van der Waals surface area contributed by atoms with E-state index in [0.717, 1.165) is 61.2 Å². The molecule has 3 saturated carbocycles. The van der Waals surface area contributed by atoms with E-state index in [1.165, 1.54) is 290 Å². The van der Waals surface area contributed by atoms with Crippen LogP contribution in [0.3, 0.4) is 0 Å². The maximum atomic E-state index is 2.58. The lowest BCUT2D eigenvalue weighted by Crippen LogP contribution is -2.36. The number of hydrogen-bond donors (Lipinski definition) is 0. The largest absolute Gasteiger partial charge is 0.0776 e. The quantitative estimate of drug-likeness (QED) is 0.0451. The molecule has 0 unspecified atom stereocenters. The molecule has 0 heterocycles. The van der Waals surface area contributed by atoms with Crippen LogP contribution in [0.15, 0.2) is 133 Å². The van der Waals surface area contributed by atoms with Crippen LogP contribution in [-0.2, 0) is 32.1 Å². The van der Waals surface area contributed by atoms with Gasteiger partial charge in [-0.3, -0.25) is 0 Å². The van der Waals surface area contributed by atoms with Gasteiger partial charge in [-0.05, 0) is 221 Å². The summed E-state index contributed by atoms with van der Waals surface area (Å²) in [5, 5.41) is 0. The molecule has 0 heteroatoms. The SMILES string of the molecule is C.C.C.C.CC1CCC(C(C)(C)C2CCC(C)CC2)CC1.CCCC.CCCCCCCC.CCCCCCCCCCCCCC.CCc1cccc(CC)c1.Cc1ccc(CC2CCC(C)CC2)cc1.Cc1ccc(Cc2ccc(C)c(C)c2)cc1C.Cc1ccc(Cc2ccc(C)cc2)cc1. The fourth-order valence-electron chi connectivity index (χ4n) is 14.5. The third-order valence-corrected chi connectivity index (χ3v) is 22.8. The molecular formula is C104H178. The van der Waals surface area contributed by atoms with Gasteiger partial charge in [0.1, 0.15) is 0 Å². The van der Waals surface area contributed by atoms with E-state index in [1.54, 1.807) is 0 Å². The number of unbranched alkanes of at least 4 members (excludes halogenated alkanes) is 17. The van der Waals surface area contributed by atoms with Crippen LogP contribution >= 0.6 is 0 Å². The first-order valence-electron chi connectivity index (χ1n) is 42.5. The molecule has 3 fully saturated rings. The second kappa shape index (κ2) is 64.3. The smallest absolute Gasteiger partial charge is 0.00256 e. The molecule has 0 aromatic heterocycles. The molecule has 6 aromatic rings. The number of hydrogen-bond acceptors (Lipinski definition) is 0. The van der Waals surface area contributed by atoms with Crippen molar-refractivity contribution >= 4 is 0 Å². The predicted octanol–water partition coefficient (Wildman–Crippen LogP) is 34.7. The van der Waals surface area contributed by atoms with E-state index in [1.807, 2.05) is 0 Å². The summed E-state index contributed by atoms with van der Waals surface area (Å²) in [6, 6.07) is 48.8. The Balaban J connectivity index is -0.00000114. The van der Waals surface area contributed by atoms with Crippen LogP contribution in [0, 0.1) is 89.4 Å². The number of aryl methyl sites for hydroxylation is 9. The van der Waals surface area contributed by atoms with Crippen LogP contribution in [0.4, 0.5) is 0 Å². The van der Waals surface area contributed by atoms with Crippen molar-refractivity contribution in [2.24, 2.45) is 40.9 Å². The van der Waals surface area contributed by atoms with Gasteiger partial charge in [-0.2, -0.15) is 0 Å². The van der Waals surface area contributed by atoms with Gasteiger partial charge in [-0.25, -0.2) is 0 Å². The Kier molecular flexibility index (Phi) is 64.0. The van der Waals surface area contributed by atoms with Gasteiger partial charge in [0.05, 0.1) is 0 Å². The lowest BCUT2D eigenvalue weighted by atomic mass is 9.59. The summed E-state index contributed by atoms with van der Waals surface area (Å²) < 4.78 is 0. The van der Waals surface area contributed by atoms with Crippen molar-refractivity contribution in [3.63, 3.8) is 0 Å².